The molecule has 1 fully saturated rings. The minimum Gasteiger partial charge on any atom is -0.320 e. The van der Waals surface area contributed by atoms with E-state index in [1.165, 1.54) is 0 Å². The van der Waals surface area contributed by atoms with Crippen LogP contribution in [0.15, 0.2) is 30.5 Å². The van der Waals surface area contributed by atoms with Gasteiger partial charge in [0.25, 0.3) is 5.91 Å². The van der Waals surface area contributed by atoms with E-state index in [1.54, 1.807) is 42.1 Å². The SMILES string of the molecule is CCCS(=O)(=O)Nc1cccc(NC(=O)c2cn(C3CCNCC3)nn2)c1.Cl. The third-order valence-electron chi connectivity index (χ3n) is 4.29. The highest BCUT2D eigenvalue weighted by atomic mass is 35.5. The molecule has 1 aromatic heterocycles. The fraction of sp³-hybridized carbons (Fsp3) is 0.471. The van der Waals surface area contributed by atoms with Crippen LogP contribution in [0.25, 0.3) is 0 Å². The zero-order valence-corrected chi connectivity index (χ0v) is 17.2. The second-order valence-electron chi connectivity index (χ2n) is 6.52. The van der Waals surface area contributed by atoms with Crippen molar-refractivity contribution in [2.75, 3.05) is 28.9 Å². The van der Waals surface area contributed by atoms with Crippen molar-refractivity contribution in [3.05, 3.63) is 36.2 Å². The number of anilines is 2. The number of rotatable bonds is 7. The number of carbonyl (C=O) groups is 1. The first-order chi connectivity index (χ1) is 13.0. The highest BCUT2D eigenvalue weighted by Gasteiger charge is 2.19. The van der Waals surface area contributed by atoms with Crippen molar-refractivity contribution < 1.29 is 13.2 Å². The second-order valence-corrected chi connectivity index (χ2v) is 8.36. The number of halogens is 1. The highest BCUT2D eigenvalue weighted by molar-refractivity contribution is 7.92. The smallest absolute Gasteiger partial charge is 0.277 e. The number of hydrogen-bond donors (Lipinski definition) is 3. The summed E-state index contributed by atoms with van der Waals surface area (Å²) in [7, 11) is -3.38. The first-order valence-electron chi connectivity index (χ1n) is 9.01. The lowest BCUT2D eigenvalue weighted by Crippen LogP contribution is -2.29. The largest absolute Gasteiger partial charge is 0.320 e. The third kappa shape index (κ3) is 5.91. The lowest BCUT2D eigenvalue weighted by atomic mass is 10.1. The lowest BCUT2D eigenvalue weighted by Gasteiger charge is -2.22. The van der Waals surface area contributed by atoms with Gasteiger partial charge in [0, 0.05) is 5.69 Å². The van der Waals surface area contributed by atoms with E-state index < -0.39 is 10.0 Å². The standard InChI is InChI=1S/C17H24N6O3S.ClH/c1-2-10-27(25,26)21-14-5-3-4-13(11-14)19-17(24)16-12-23(22-20-16)15-6-8-18-9-7-15;/h3-5,11-12,15,18,21H,2,6-10H2,1H3,(H,19,24);1H. The maximum Gasteiger partial charge on any atom is 0.277 e. The fourth-order valence-corrected chi connectivity index (χ4v) is 4.11. The molecule has 154 valence electrons. The average molecular weight is 429 g/mol. The molecule has 0 unspecified atom stereocenters. The van der Waals surface area contributed by atoms with Crippen molar-refractivity contribution in [1.82, 2.24) is 20.3 Å². The molecule has 0 saturated carbocycles. The number of nitrogens with one attached hydrogen (secondary N) is 3. The lowest BCUT2D eigenvalue weighted by molar-refractivity contribution is 0.102. The van der Waals surface area contributed by atoms with Crippen molar-refractivity contribution >= 4 is 39.7 Å². The Kier molecular flexibility index (Phi) is 7.78. The van der Waals surface area contributed by atoms with E-state index >= 15 is 0 Å². The average Bonchev–Trinajstić information content (AvgIpc) is 3.12. The fourth-order valence-electron chi connectivity index (χ4n) is 2.99. The monoisotopic (exact) mass is 428 g/mol. The Morgan fingerprint density at radius 1 is 1.29 bits per heavy atom. The molecule has 0 radical (unpaired) electrons. The van der Waals surface area contributed by atoms with Gasteiger partial charge < -0.3 is 10.6 Å². The van der Waals surface area contributed by atoms with E-state index in [0.29, 0.717) is 17.8 Å². The van der Waals surface area contributed by atoms with Crippen LogP contribution >= 0.6 is 12.4 Å². The normalized spacial score (nSPS) is 14.9. The number of aromatic nitrogens is 3. The Hall–Kier alpha value is -2.17. The van der Waals surface area contributed by atoms with Crippen LogP contribution in [0.3, 0.4) is 0 Å². The van der Waals surface area contributed by atoms with E-state index in [4.69, 9.17) is 0 Å². The molecule has 0 atom stereocenters. The molecule has 1 aliphatic rings. The molecule has 3 rings (SSSR count). The summed E-state index contributed by atoms with van der Waals surface area (Å²) in [6.45, 7) is 3.65. The Balaban J connectivity index is 0.00000280. The van der Waals surface area contributed by atoms with E-state index in [1.807, 2.05) is 0 Å². The van der Waals surface area contributed by atoms with Gasteiger partial charge in [-0.2, -0.15) is 0 Å². The summed E-state index contributed by atoms with van der Waals surface area (Å²) in [5.41, 5.74) is 1.11. The maximum atomic E-state index is 12.4. The molecule has 1 amide bonds. The van der Waals surface area contributed by atoms with Gasteiger partial charge in [-0.15, -0.1) is 17.5 Å². The van der Waals surface area contributed by atoms with Gasteiger partial charge in [0.2, 0.25) is 10.0 Å². The van der Waals surface area contributed by atoms with Crippen LogP contribution in [0.5, 0.6) is 0 Å². The minimum absolute atomic E-state index is 0. The van der Waals surface area contributed by atoms with Crippen molar-refractivity contribution in [3.63, 3.8) is 0 Å². The first kappa shape index (κ1) is 22.1. The molecule has 1 saturated heterocycles. The Labute approximate surface area is 170 Å². The summed E-state index contributed by atoms with van der Waals surface area (Å²) in [4.78, 5) is 12.4. The van der Waals surface area contributed by atoms with Crippen LogP contribution in [0.1, 0.15) is 42.7 Å². The first-order valence-corrected chi connectivity index (χ1v) is 10.7. The number of benzene rings is 1. The van der Waals surface area contributed by atoms with Gasteiger partial charge >= 0.3 is 0 Å². The predicted molar refractivity (Wildman–Crippen MR) is 111 cm³/mol. The molecule has 9 nitrogen and oxygen atoms in total. The van der Waals surface area contributed by atoms with Crippen molar-refractivity contribution in [3.8, 4) is 0 Å². The second kappa shape index (κ2) is 9.85. The van der Waals surface area contributed by atoms with Crippen LogP contribution in [-0.4, -0.2) is 48.2 Å². The number of nitrogens with zero attached hydrogens (tertiary/aromatic N) is 3. The quantitative estimate of drug-likeness (QED) is 0.621. The highest BCUT2D eigenvalue weighted by Crippen LogP contribution is 2.19. The molecule has 28 heavy (non-hydrogen) atoms. The summed E-state index contributed by atoms with van der Waals surface area (Å²) in [5.74, 6) is -0.340. The van der Waals surface area contributed by atoms with Gasteiger partial charge in [-0.1, -0.05) is 18.2 Å². The Morgan fingerprint density at radius 2 is 2.00 bits per heavy atom. The molecule has 1 aromatic carbocycles. The molecule has 3 N–H and O–H groups in total. The van der Waals surface area contributed by atoms with Crippen LogP contribution in [0, 0.1) is 0 Å². The van der Waals surface area contributed by atoms with Gasteiger partial charge in [0.15, 0.2) is 5.69 Å². The summed E-state index contributed by atoms with van der Waals surface area (Å²) < 4.78 is 28.0. The Morgan fingerprint density at radius 3 is 2.71 bits per heavy atom. The van der Waals surface area contributed by atoms with Crippen molar-refractivity contribution in [2.24, 2.45) is 0 Å². The van der Waals surface area contributed by atoms with Gasteiger partial charge in [-0.25, -0.2) is 13.1 Å². The number of hydrogen-bond acceptors (Lipinski definition) is 6. The van der Waals surface area contributed by atoms with Gasteiger partial charge in [-0.05, 0) is 50.6 Å². The Bertz CT molecular complexity index is 896. The molecular formula is C17H25ClN6O3S. The molecule has 2 aromatic rings. The number of amides is 1. The van der Waals surface area contributed by atoms with Gasteiger partial charge in [0.1, 0.15) is 0 Å². The molecule has 11 heteroatoms. The van der Waals surface area contributed by atoms with E-state index in [-0.39, 0.29) is 35.8 Å². The zero-order chi connectivity index (χ0) is 19.3. The molecule has 0 spiro atoms. The van der Waals surface area contributed by atoms with E-state index in [0.717, 1.165) is 25.9 Å². The molecule has 1 aliphatic heterocycles. The molecule has 0 bridgehead atoms. The third-order valence-corrected chi connectivity index (χ3v) is 5.78. The topological polar surface area (TPSA) is 118 Å². The van der Waals surface area contributed by atoms with Crippen LogP contribution in [0.4, 0.5) is 11.4 Å². The molecular weight excluding hydrogens is 404 g/mol. The van der Waals surface area contributed by atoms with Crippen LogP contribution in [0.2, 0.25) is 0 Å². The van der Waals surface area contributed by atoms with Crippen LogP contribution < -0.4 is 15.4 Å². The maximum absolute atomic E-state index is 12.4. The van der Waals surface area contributed by atoms with Crippen molar-refractivity contribution in [1.29, 1.82) is 0 Å². The number of sulfonamides is 1. The van der Waals surface area contributed by atoms with Crippen LogP contribution in [-0.2, 0) is 10.0 Å². The van der Waals surface area contributed by atoms with Crippen molar-refractivity contribution in [2.45, 2.75) is 32.2 Å². The molecule has 2 heterocycles. The van der Waals surface area contributed by atoms with E-state index in [2.05, 4.69) is 25.7 Å². The zero-order valence-electron chi connectivity index (χ0n) is 15.6. The predicted octanol–water partition coefficient (Wildman–Crippen LogP) is 2.03. The summed E-state index contributed by atoms with van der Waals surface area (Å²) in [5, 5.41) is 14.1. The summed E-state index contributed by atoms with van der Waals surface area (Å²) in [6, 6.07) is 6.81. The summed E-state index contributed by atoms with van der Waals surface area (Å²) >= 11 is 0. The summed E-state index contributed by atoms with van der Waals surface area (Å²) in [6.07, 6.45) is 4.08. The number of piperidine rings is 1. The number of carbonyl (C=O) groups excluding carboxylic acids is 1. The molecule has 0 aliphatic carbocycles. The van der Waals surface area contributed by atoms with Gasteiger partial charge in [0.05, 0.1) is 23.7 Å². The minimum atomic E-state index is -3.38. The van der Waals surface area contributed by atoms with Gasteiger partial charge in [-0.3, -0.25) is 9.52 Å². The van der Waals surface area contributed by atoms with E-state index in [9.17, 15) is 13.2 Å².